The quantitative estimate of drug-likeness (QED) is 0.715. The highest BCUT2D eigenvalue weighted by atomic mass is 19.1. The lowest BCUT2D eigenvalue weighted by atomic mass is 10.0. The zero-order valence-corrected chi connectivity index (χ0v) is 17.7. The molecule has 0 aromatic heterocycles. The molecule has 7 heteroatoms. The Hall–Kier alpha value is -2.64. The van der Waals surface area contributed by atoms with E-state index in [4.69, 9.17) is 14.2 Å². The van der Waals surface area contributed by atoms with Gasteiger partial charge >= 0.3 is 0 Å². The largest absolute Gasteiger partial charge is 0.493 e. The molecule has 1 fully saturated rings. The average Bonchev–Trinajstić information content (AvgIpc) is 2.74. The van der Waals surface area contributed by atoms with Gasteiger partial charge in [-0.15, -0.1) is 0 Å². The molecule has 1 aliphatic heterocycles. The van der Waals surface area contributed by atoms with Crippen molar-refractivity contribution >= 4 is 5.91 Å². The lowest BCUT2D eigenvalue weighted by Crippen LogP contribution is -2.43. The van der Waals surface area contributed by atoms with E-state index in [1.165, 1.54) is 12.1 Å². The van der Waals surface area contributed by atoms with E-state index in [1.807, 2.05) is 19.9 Å². The van der Waals surface area contributed by atoms with Gasteiger partial charge in [-0.3, -0.25) is 9.69 Å². The Kier molecular flexibility index (Phi) is 7.65. The van der Waals surface area contributed by atoms with Crippen LogP contribution in [0, 0.1) is 5.82 Å². The molecule has 162 valence electrons. The van der Waals surface area contributed by atoms with Crippen LogP contribution in [0.15, 0.2) is 42.5 Å². The lowest BCUT2D eigenvalue weighted by molar-refractivity contribution is 0.0162. The molecular weight excluding hydrogens is 387 g/mol. The minimum absolute atomic E-state index is 0.000810. The van der Waals surface area contributed by atoms with E-state index in [1.54, 1.807) is 31.4 Å². The van der Waals surface area contributed by atoms with Gasteiger partial charge in [0.2, 0.25) is 0 Å². The van der Waals surface area contributed by atoms with E-state index in [0.717, 1.165) is 18.7 Å². The summed E-state index contributed by atoms with van der Waals surface area (Å²) >= 11 is 0. The fourth-order valence-electron chi connectivity index (χ4n) is 3.51. The van der Waals surface area contributed by atoms with Crippen LogP contribution in [0.4, 0.5) is 4.39 Å². The van der Waals surface area contributed by atoms with Gasteiger partial charge in [0.1, 0.15) is 5.82 Å². The summed E-state index contributed by atoms with van der Waals surface area (Å²) in [6.45, 7) is 6.91. The number of amides is 1. The van der Waals surface area contributed by atoms with Gasteiger partial charge in [-0.25, -0.2) is 4.39 Å². The second-order valence-electron chi connectivity index (χ2n) is 7.46. The third kappa shape index (κ3) is 5.70. The van der Waals surface area contributed by atoms with Crippen LogP contribution in [0.3, 0.4) is 0 Å². The first kappa shape index (κ1) is 22.1. The Morgan fingerprint density at radius 2 is 1.93 bits per heavy atom. The second-order valence-corrected chi connectivity index (χ2v) is 7.46. The molecule has 0 saturated carbocycles. The lowest BCUT2D eigenvalue weighted by Gasteiger charge is -2.35. The van der Waals surface area contributed by atoms with Crippen molar-refractivity contribution in [2.24, 2.45) is 0 Å². The van der Waals surface area contributed by atoms with Crippen molar-refractivity contribution in [2.75, 3.05) is 40.0 Å². The number of morpholine rings is 1. The van der Waals surface area contributed by atoms with Crippen LogP contribution in [0.5, 0.6) is 11.5 Å². The summed E-state index contributed by atoms with van der Waals surface area (Å²) in [7, 11) is 1.54. The molecule has 1 amide bonds. The van der Waals surface area contributed by atoms with Crippen LogP contribution in [0.2, 0.25) is 0 Å². The van der Waals surface area contributed by atoms with Crippen LogP contribution in [0.1, 0.15) is 35.8 Å². The monoisotopic (exact) mass is 416 g/mol. The normalized spacial score (nSPS) is 15.6. The number of nitrogens with zero attached hydrogens (tertiary/aromatic N) is 1. The van der Waals surface area contributed by atoms with Crippen molar-refractivity contribution < 1.29 is 23.4 Å². The third-order valence-corrected chi connectivity index (χ3v) is 4.96. The minimum atomic E-state index is -0.289. The SMILES string of the molecule is COc1cc(C(=O)NCC(c2cccc(F)c2)N2CCOCC2)ccc1OC(C)C. The first-order valence-electron chi connectivity index (χ1n) is 10.2. The Bertz CT molecular complexity index is 853. The molecule has 0 spiro atoms. The van der Waals surface area contributed by atoms with Crippen molar-refractivity contribution in [3.05, 3.63) is 59.4 Å². The van der Waals surface area contributed by atoms with Gasteiger partial charge in [-0.2, -0.15) is 0 Å². The van der Waals surface area contributed by atoms with Crippen molar-refractivity contribution in [3.8, 4) is 11.5 Å². The molecular formula is C23H29FN2O4. The third-order valence-electron chi connectivity index (χ3n) is 4.96. The van der Waals surface area contributed by atoms with E-state index >= 15 is 0 Å². The molecule has 0 bridgehead atoms. The number of ether oxygens (including phenoxy) is 3. The number of carbonyl (C=O) groups excluding carboxylic acids is 1. The van der Waals surface area contributed by atoms with Crippen molar-refractivity contribution in [1.29, 1.82) is 0 Å². The summed E-state index contributed by atoms with van der Waals surface area (Å²) in [6, 6.07) is 11.5. The van der Waals surface area contributed by atoms with E-state index in [0.29, 0.717) is 36.8 Å². The molecule has 1 heterocycles. The molecule has 30 heavy (non-hydrogen) atoms. The Balaban J connectivity index is 1.73. The van der Waals surface area contributed by atoms with Crippen LogP contribution >= 0.6 is 0 Å². The van der Waals surface area contributed by atoms with Gasteiger partial charge in [0, 0.05) is 25.2 Å². The fraction of sp³-hybridized carbons (Fsp3) is 0.435. The molecule has 1 unspecified atom stereocenters. The smallest absolute Gasteiger partial charge is 0.251 e. The zero-order valence-electron chi connectivity index (χ0n) is 17.7. The molecule has 3 rings (SSSR count). The van der Waals surface area contributed by atoms with E-state index < -0.39 is 0 Å². The Morgan fingerprint density at radius 3 is 2.60 bits per heavy atom. The maximum Gasteiger partial charge on any atom is 0.251 e. The Morgan fingerprint density at radius 1 is 1.17 bits per heavy atom. The molecule has 1 aliphatic rings. The predicted octanol–water partition coefficient (Wildman–Crippen LogP) is 3.42. The first-order valence-corrected chi connectivity index (χ1v) is 10.2. The summed E-state index contributed by atoms with van der Waals surface area (Å²) in [6.07, 6.45) is -0.000810. The van der Waals surface area contributed by atoms with E-state index in [9.17, 15) is 9.18 Å². The van der Waals surface area contributed by atoms with Crippen LogP contribution < -0.4 is 14.8 Å². The molecule has 1 atom stereocenters. The number of halogens is 1. The number of carbonyl (C=O) groups is 1. The summed E-state index contributed by atoms with van der Waals surface area (Å²) in [5.41, 5.74) is 1.30. The Labute approximate surface area is 176 Å². The summed E-state index contributed by atoms with van der Waals surface area (Å²) < 4.78 is 30.3. The predicted molar refractivity (Wildman–Crippen MR) is 113 cm³/mol. The fourth-order valence-corrected chi connectivity index (χ4v) is 3.51. The molecule has 2 aromatic carbocycles. The average molecular weight is 416 g/mol. The minimum Gasteiger partial charge on any atom is -0.493 e. The number of benzene rings is 2. The van der Waals surface area contributed by atoms with Gasteiger partial charge < -0.3 is 19.5 Å². The molecule has 6 nitrogen and oxygen atoms in total. The van der Waals surface area contributed by atoms with Gasteiger partial charge in [0.25, 0.3) is 5.91 Å². The van der Waals surface area contributed by atoms with Gasteiger partial charge in [0.15, 0.2) is 11.5 Å². The number of rotatable bonds is 8. The van der Waals surface area contributed by atoms with Gasteiger partial charge in [0.05, 0.1) is 32.5 Å². The highest BCUT2D eigenvalue weighted by Crippen LogP contribution is 2.29. The first-order chi connectivity index (χ1) is 14.5. The maximum absolute atomic E-state index is 13.8. The summed E-state index contributed by atoms with van der Waals surface area (Å²) in [5.74, 6) is 0.586. The van der Waals surface area contributed by atoms with Crippen molar-refractivity contribution in [1.82, 2.24) is 10.2 Å². The van der Waals surface area contributed by atoms with Gasteiger partial charge in [-0.1, -0.05) is 12.1 Å². The second kappa shape index (κ2) is 10.4. The van der Waals surface area contributed by atoms with E-state index in [2.05, 4.69) is 10.2 Å². The number of methoxy groups -OCH3 is 1. The number of hydrogen-bond donors (Lipinski definition) is 1. The van der Waals surface area contributed by atoms with Crippen LogP contribution in [-0.2, 0) is 4.74 Å². The topological polar surface area (TPSA) is 60.0 Å². The van der Waals surface area contributed by atoms with Crippen LogP contribution in [-0.4, -0.2) is 56.9 Å². The zero-order chi connectivity index (χ0) is 21.5. The molecule has 1 saturated heterocycles. The molecule has 2 aromatic rings. The summed E-state index contributed by atoms with van der Waals surface area (Å²) in [5, 5.41) is 2.99. The molecule has 1 N–H and O–H groups in total. The van der Waals surface area contributed by atoms with Crippen LogP contribution in [0.25, 0.3) is 0 Å². The highest BCUT2D eigenvalue weighted by Gasteiger charge is 2.24. The maximum atomic E-state index is 13.8. The molecule has 0 aliphatic carbocycles. The van der Waals surface area contributed by atoms with Crippen molar-refractivity contribution in [3.63, 3.8) is 0 Å². The summed E-state index contributed by atoms with van der Waals surface area (Å²) in [4.78, 5) is 15.0. The standard InChI is InChI=1S/C23H29FN2O4/c1-16(2)30-21-8-7-18(14-22(21)28-3)23(27)25-15-20(26-9-11-29-12-10-26)17-5-4-6-19(24)13-17/h4-8,13-14,16,20H,9-12,15H2,1-3H3,(H,25,27). The van der Waals surface area contributed by atoms with Gasteiger partial charge in [-0.05, 0) is 49.7 Å². The van der Waals surface area contributed by atoms with E-state index in [-0.39, 0.29) is 23.9 Å². The number of nitrogens with one attached hydrogen (secondary N) is 1. The highest BCUT2D eigenvalue weighted by molar-refractivity contribution is 5.94. The van der Waals surface area contributed by atoms with Crippen molar-refractivity contribution in [2.45, 2.75) is 26.0 Å². The molecule has 0 radical (unpaired) electrons. The number of hydrogen-bond acceptors (Lipinski definition) is 5.